The first kappa shape index (κ1) is 21.3. The number of pyridine rings is 1. The fourth-order valence-corrected chi connectivity index (χ4v) is 5.37. The van der Waals surface area contributed by atoms with Crippen LogP contribution in [0.1, 0.15) is 41.9 Å². The molecule has 11 heteroatoms. The molecule has 2 aromatic rings. The van der Waals surface area contributed by atoms with Crippen LogP contribution in [0.25, 0.3) is 0 Å². The number of hydrogen-bond acceptors (Lipinski definition) is 4. The fourth-order valence-electron chi connectivity index (χ4n) is 3.36. The van der Waals surface area contributed by atoms with Crippen LogP contribution in [0.4, 0.5) is 23.2 Å². The Morgan fingerprint density at radius 3 is 2.62 bits per heavy atom. The molecular formula is C18H19F4N3O3S. The van der Waals surface area contributed by atoms with Crippen molar-refractivity contribution in [2.24, 2.45) is 12.5 Å². The number of amides is 1. The minimum atomic E-state index is -4.17. The van der Waals surface area contributed by atoms with Gasteiger partial charge in [0, 0.05) is 30.5 Å². The summed E-state index contributed by atoms with van der Waals surface area (Å²) in [6.07, 6.45) is 0.671. The standard InChI is InChI=1S/C18H19F4N3O3S/c1-25-8-13(29(27,28)10-18(9-19)4-2-5-18)14(20)15(25)17(26)24-11-3-6-23-12(7-11)16(21)22/h3,6-8,16H,2,4-5,9-10H2,1H3,(H,23,24,26). The van der Waals surface area contributed by atoms with Crippen LogP contribution in [-0.4, -0.2) is 36.3 Å². The first-order valence-electron chi connectivity index (χ1n) is 8.77. The zero-order valence-corrected chi connectivity index (χ0v) is 16.3. The van der Waals surface area contributed by atoms with Gasteiger partial charge in [-0.1, -0.05) is 6.42 Å². The van der Waals surface area contributed by atoms with Gasteiger partial charge in [0.2, 0.25) is 0 Å². The average Bonchev–Trinajstić information content (AvgIpc) is 2.93. The molecule has 0 bridgehead atoms. The lowest BCUT2D eigenvalue weighted by Gasteiger charge is -2.38. The van der Waals surface area contributed by atoms with E-state index in [-0.39, 0.29) is 5.69 Å². The number of alkyl halides is 3. The van der Waals surface area contributed by atoms with Crippen LogP contribution in [0, 0.1) is 11.2 Å². The number of halogens is 4. The van der Waals surface area contributed by atoms with E-state index in [0.29, 0.717) is 19.3 Å². The lowest BCUT2D eigenvalue weighted by molar-refractivity contribution is 0.101. The Morgan fingerprint density at radius 1 is 1.38 bits per heavy atom. The summed E-state index contributed by atoms with van der Waals surface area (Å²) >= 11 is 0. The number of carbonyl (C=O) groups is 1. The topological polar surface area (TPSA) is 81.1 Å². The van der Waals surface area contributed by atoms with E-state index in [4.69, 9.17) is 0 Å². The van der Waals surface area contributed by atoms with Gasteiger partial charge in [-0.15, -0.1) is 0 Å². The zero-order chi connectivity index (χ0) is 21.4. The predicted molar refractivity (Wildman–Crippen MR) is 96.8 cm³/mol. The molecule has 2 heterocycles. The van der Waals surface area contributed by atoms with Crippen LogP contribution >= 0.6 is 0 Å². The highest BCUT2D eigenvalue weighted by atomic mass is 32.2. The Hall–Kier alpha value is -2.43. The highest BCUT2D eigenvalue weighted by Crippen LogP contribution is 2.43. The van der Waals surface area contributed by atoms with Crippen LogP contribution in [-0.2, 0) is 16.9 Å². The van der Waals surface area contributed by atoms with Crippen molar-refractivity contribution in [1.82, 2.24) is 9.55 Å². The second kappa shape index (κ2) is 7.77. The fraction of sp³-hybridized carbons (Fsp3) is 0.444. The summed E-state index contributed by atoms with van der Waals surface area (Å²) in [6.45, 7) is -0.817. The number of hydrogen-bond donors (Lipinski definition) is 1. The van der Waals surface area contributed by atoms with E-state index in [1.54, 1.807) is 0 Å². The molecular weight excluding hydrogens is 414 g/mol. The quantitative estimate of drug-likeness (QED) is 0.676. The molecule has 0 atom stereocenters. The Morgan fingerprint density at radius 2 is 2.07 bits per heavy atom. The molecule has 29 heavy (non-hydrogen) atoms. The molecule has 1 fully saturated rings. The SMILES string of the molecule is Cn1cc(S(=O)(=O)CC2(CF)CCC2)c(F)c1C(=O)Nc1ccnc(C(F)F)c1. The van der Waals surface area contributed by atoms with Crippen LogP contribution in [0.15, 0.2) is 29.4 Å². The number of nitrogens with zero attached hydrogens (tertiary/aromatic N) is 2. The zero-order valence-electron chi connectivity index (χ0n) is 15.5. The number of aromatic nitrogens is 2. The maximum absolute atomic E-state index is 14.9. The van der Waals surface area contributed by atoms with E-state index >= 15 is 0 Å². The normalized spacial score (nSPS) is 15.9. The van der Waals surface area contributed by atoms with Crippen molar-refractivity contribution in [3.8, 4) is 0 Å². The third-order valence-corrected chi connectivity index (χ3v) is 7.04. The molecule has 3 rings (SSSR count). The molecule has 0 aromatic carbocycles. The lowest BCUT2D eigenvalue weighted by atomic mass is 9.71. The van der Waals surface area contributed by atoms with E-state index in [1.807, 2.05) is 0 Å². The average molecular weight is 433 g/mol. The highest BCUT2D eigenvalue weighted by Gasteiger charge is 2.43. The summed E-state index contributed by atoms with van der Waals surface area (Å²) in [5, 5.41) is 2.25. The summed E-state index contributed by atoms with van der Waals surface area (Å²) in [6, 6.07) is 2.17. The van der Waals surface area contributed by atoms with Crippen LogP contribution in [0.3, 0.4) is 0 Å². The molecule has 6 nitrogen and oxygen atoms in total. The third kappa shape index (κ3) is 4.14. The molecule has 1 aliphatic carbocycles. The van der Waals surface area contributed by atoms with Crippen LogP contribution in [0.5, 0.6) is 0 Å². The first-order chi connectivity index (χ1) is 13.6. The van der Waals surface area contributed by atoms with Gasteiger partial charge in [0.1, 0.15) is 16.3 Å². The Kier molecular flexibility index (Phi) is 5.70. The molecule has 1 N–H and O–H groups in total. The van der Waals surface area contributed by atoms with Gasteiger partial charge in [0.05, 0.1) is 12.4 Å². The molecule has 0 spiro atoms. The van der Waals surface area contributed by atoms with Crippen molar-refractivity contribution in [3.05, 3.63) is 41.7 Å². The van der Waals surface area contributed by atoms with E-state index in [2.05, 4.69) is 10.3 Å². The molecule has 0 aliphatic heterocycles. The number of sulfone groups is 1. The van der Waals surface area contributed by atoms with Gasteiger partial charge < -0.3 is 9.88 Å². The third-order valence-electron chi connectivity index (χ3n) is 5.09. The van der Waals surface area contributed by atoms with Gasteiger partial charge >= 0.3 is 0 Å². The van der Waals surface area contributed by atoms with Crippen molar-refractivity contribution < 1.29 is 30.8 Å². The predicted octanol–water partition coefficient (Wildman–Crippen LogP) is 3.66. The van der Waals surface area contributed by atoms with Crippen molar-refractivity contribution >= 4 is 21.4 Å². The molecule has 0 saturated heterocycles. The van der Waals surface area contributed by atoms with Gasteiger partial charge in [-0.25, -0.2) is 21.6 Å². The largest absolute Gasteiger partial charge is 0.343 e. The van der Waals surface area contributed by atoms with Crippen molar-refractivity contribution in [2.75, 3.05) is 17.7 Å². The van der Waals surface area contributed by atoms with Gasteiger partial charge in [-0.3, -0.25) is 14.2 Å². The highest BCUT2D eigenvalue weighted by molar-refractivity contribution is 7.91. The Balaban J connectivity index is 1.87. The van der Waals surface area contributed by atoms with Gasteiger partial charge in [0.25, 0.3) is 12.3 Å². The summed E-state index contributed by atoms with van der Waals surface area (Å²) in [5.41, 5.74) is -2.21. The van der Waals surface area contributed by atoms with Crippen molar-refractivity contribution in [1.29, 1.82) is 0 Å². The van der Waals surface area contributed by atoms with Gasteiger partial charge in [0.15, 0.2) is 15.7 Å². The van der Waals surface area contributed by atoms with E-state index < -0.39 is 62.1 Å². The molecule has 1 amide bonds. The van der Waals surface area contributed by atoms with Crippen molar-refractivity contribution in [3.63, 3.8) is 0 Å². The number of aryl methyl sites for hydroxylation is 1. The van der Waals surface area contributed by atoms with E-state index in [9.17, 15) is 30.8 Å². The number of carbonyl (C=O) groups excluding carboxylic acids is 1. The number of rotatable bonds is 7. The van der Waals surface area contributed by atoms with Crippen molar-refractivity contribution in [2.45, 2.75) is 30.6 Å². The smallest absolute Gasteiger partial charge is 0.280 e. The Labute approximate surface area is 164 Å². The maximum Gasteiger partial charge on any atom is 0.280 e. The number of anilines is 1. The summed E-state index contributed by atoms with van der Waals surface area (Å²) in [5.74, 6) is -2.82. The van der Waals surface area contributed by atoms with Gasteiger partial charge in [-0.2, -0.15) is 0 Å². The number of nitrogens with one attached hydrogen (secondary N) is 1. The van der Waals surface area contributed by atoms with E-state index in [0.717, 1.165) is 23.0 Å². The van der Waals surface area contributed by atoms with E-state index in [1.165, 1.54) is 13.1 Å². The summed E-state index contributed by atoms with van der Waals surface area (Å²) < 4.78 is 79.9. The minimum Gasteiger partial charge on any atom is -0.343 e. The monoisotopic (exact) mass is 433 g/mol. The summed E-state index contributed by atoms with van der Waals surface area (Å²) in [7, 11) is -2.89. The maximum atomic E-state index is 14.9. The molecule has 0 unspecified atom stereocenters. The van der Waals surface area contributed by atoms with Gasteiger partial charge in [-0.05, 0) is 25.0 Å². The second-order valence-corrected chi connectivity index (χ2v) is 9.20. The lowest BCUT2D eigenvalue weighted by Crippen LogP contribution is -2.38. The van der Waals surface area contributed by atoms with Crippen LogP contribution in [0.2, 0.25) is 0 Å². The molecule has 2 aromatic heterocycles. The second-order valence-electron chi connectivity index (χ2n) is 7.24. The molecule has 0 radical (unpaired) electrons. The van der Waals surface area contributed by atoms with Crippen LogP contribution < -0.4 is 5.32 Å². The molecule has 158 valence electrons. The summed E-state index contributed by atoms with van der Waals surface area (Å²) in [4.78, 5) is 15.2. The molecule has 1 aliphatic rings. The minimum absolute atomic E-state index is 0.0452. The first-order valence-corrected chi connectivity index (χ1v) is 10.4. The Bertz CT molecular complexity index is 1030. The molecule has 1 saturated carbocycles.